The summed E-state index contributed by atoms with van der Waals surface area (Å²) in [4.78, 5) is 0. The van der Waals surface area contributed by atoms with E-state index >= 15 is 0 Å². The molecule has 2 heteroatoms. The van der Waals surface area contributed by atoms with Crippen molar-refractivity contribution in [1.82, 2.24) is 10.6 Å². The summed E-state index contributed by atoms with van der Waals surface area (Å²) in [6.45, 7) is 9.46. The van der Waals surface area contributed by atoms with Gasteiger partial charge in [-0.25, -0.2) is 0 Å². The van der Waals surface area contributed by atoms with E-state index in [4.69, 9.17) is 0 Å². The van der Waals surface area contributed by atoms with Crippen molar-refractivity contribution in [2.45, 2.75) is 123 Å². The largest absolute Gasteiger partial charge is 0.317 e. The lowest BCUT2D eigenvalue weighted by Gasteiger charge is -2.06. The van der Waals surface area contributed by atoms with Gasteiger partial charge in [0.05, 0.1) is 0 Å². The smallest absolute Gasteiger partial charge is 0.00489 e. The lowest BCUT2D eigenvalue weighted by molar-refractivity contribution is 0.530. The van der Waals surface area contributed by atoms with Crippen LogP contribution in [-0.4, -0.2) is 26.2 Å². The summed E-state index contributed by atoms with van der Waals surface area (Å²) >= 11 is 0. The monoisotopic (exact) mass is 354 g/mol. The van der Waals surface area contributed by atoms with Crippen molar-refractivity contribution in [3.63, 3.8) is 0 Å². The van der Waals surface area contributed by atoms with Crippen LogP contribution in [0.4, 0.5) is 0 Å². The van der Waals surface area contributed by atoms with Gasteiger partial charge in [0.15, 0.2) is 0 Å². The lowest BCUT2D eigenvalue weighted by atomic mass is 10.1. The summed E-state index contributed by atoms with van der Waals surface area (Å²) in [6.07, 6.45) is 23.8. The number of nitrogens with one attached hydrogen (secondary N) is 2. The van der Waals surface area contributed by atoms with Gasteiger partial charge in [-0.15, -0.1) is 0 Å². The SMILES string of the molecule is CCCCCCCCCNCCCCCNCCCCCCCCC. The first-order chi connectivity index (χ1) is 12.4. The molecule has 0 amide bonds. The van der Waals surface area contributed by atoms with Gasteiger partial charge in [0.2, 0.25) is 0 Å². The standard InChI is InChI=1S/C23H50N2/c1-3-5-7-9-11-13-16-20-24-22-18-15-19-23-25-21-17-14-12-10-8-6-4-2/h24-25H,3-23H2,1-2H3. The predicted molar refractivity (Wildman–Crippen MR) is 116 cm³/mol. The minimum atomic E-state index is 1.22. The Morgan fingerprint density at radius 3 is 0.880 bits per heavy atom. The van der Waals surface area contributed by atoms with Gasteiger partial charge in [0.25, 0.3) is 0 Å². The van der Waals surface area contributed by atoms with Crippen molar-refractivity contribution < 1.29 is 0 Å². The van der Waals surface area contributed by atoms with E-state index in [9.17, 15) is 0 Å². The minimum absolute atomic E-state index is 1.22. The third kappa shape index (κ3) is 23.9. The first-order valence-corrected chi connectivity index (χ1v) is 11.8. The van der Waals surface area contributed by atoms with Crippen molar-refractivity contribution in [3.8, 4) is 0 Å². The summed E-state index contributed by atoms with van der Waals surface area (Å²) < 4.78 is 0. The molecule has 0 aromatic rings. The number of unbranched alkanes of at least 4 members (excludes halogenated alkanes) is 14. The highest BCUT2D eigenvalue weighted by molar-refractivity contribution is 4.54. The fourth-order valence-corrected chi connectivity index (χ4v) is 3.34. The van der Waals surface area contributed by atoms with Crippen LogP contribution in [0.1, 0.15) is 123 Å². The van der Waals surface area contributed by atoms with Crippen LogP contribution in [-0.2, 0) is 0 Å². The van der Waals surface area contributed by atoms with E-state index in [0.29, 0.717) is 0 Å². The summed E-state index contributed by atoms with van der Waals surface area (Å²) in [7, 11) is 0. The van der Waals surface area contributed by atoms with Crippen molar-refractivity contribution in [2.24, 2.45) is 0 Å². The number of hydrogen-bond donors (Lipinski definition) is 2. The normalized spacial score (nSPS) is 11.3. The molecule has 152 valence electrons. The maximum atomic E-state index is 3.61. The maximum Gasteiger partial charge on any atom is -0.00489 e. The first kappa shape index (κ1) is 24.9. The molecule has 2 N–H and O–H groups in total. The molecule has 0 aromatic heterocycles. The van der Waals surface area contributed by atoms with Crippen molar-refractivity contribution in [2.75, 3.05) is 26.2 Å². The molecule has 0 spiro atoms. The van der Waals surface area contributed by atoms with E-state index in [1.54, 1.807) is 0 Å². The zero-order chi connectivity index (χ0) is 18.3. The van der Waals surface area contributed by atoms with Gasteiger partial charge in [-0.1, -0.05) is 97.3 Å². The van der Waals surface area contributed by atoms with Gasteiger partial charge in [0, 0.05) is 0 Å². The van der Waals surface area contributed by atoms with Crippen LogP contribution in [0.25, 0.3) is 0 Å². The molecule has 0 radical (unpaired) electrons. The summed E-state index contributed by atoms with van der Waals surface area (Å²) in [5, 5.41) is 7.21. The second-order valence-corrected chi connectivity index (χ2v) is 7.80. The maximum absolute atomic E-state index is 3.61. The van der Waals surface area contributed by atoms with Crippen LogP contribution in [0.3, 0.4) is 0 Å². The first-order valence-electron chi connectivity index (χ1n) is 11.8. The Balaban J connectivity index is 2.94. The highest BCUT2D eigenvalue weighted by Gasteiger charge is 1.94. The molecular weight excluding hydrogens is 304 g/mol. The molecule has 0 atom stereocenters. The Morgan fingerprint density at radius 2 is 0.560 bits per heavy atom. The third-order valence-corrected chi connectivity index (χ3v) is 5.12. The molecule has 0 unspecified atom stereocenters. The van der Waals surface area contributed by atoms with Crippen molar-refractivity contribution in [1.29, 1.82) is 0 Å². The van der Waals surface area contributed by atoms with Gasteiger partial charge in [-0.2, -0.15) is 0 Å². The average Bonchev–Trinajstić information content (AvgIpc) is 2.63. The molecule has 0 aliphatic rings. The van der Waals surface area contributed by atoms with E-state index < -0.39 is 0 Å². The lowest BCUT2D eigenvalue weighted by Crippen LogP contribution is -2.18. The molecule has 0 saturated carbocycles. The molecule has 0 saturated heterocycles. The molecule has 0 aliphatic carbocycles. The van der Waals surface area contributed by atoms with E-state index in [-0.39, 0.29) is 0 Å². The average molecular weight is 355 g/mol. The quantitative estimate of drug-likeness (QED) is 0.208. The van der Waals surface area contributed by atoms with Gasteiger partial charge >= 0.3 is 0 Å². The predicted octanol–water partition coefficient (Wildman–Crippen LogP) is 6.84. The highest BCUT2D eigenvalue weighted by atomic mass is 14.8. The van der Waals surface area contributed by atoms with Gasteiger partial charge < -0.3 is 10.6 Å². The molecule has 0 rings (SSSR count). The van der Waals surface area contributed by atoms with Crippen LogP contribution < -0.4 is 10.6 Å². The van der Waals surface area contributed by atoms with Gasteiger partial charge in [-0.05, 0) is 51.9 Å². The molecule has 25 heavy (non-hydrogen) atoms. The van der Waals surface area contributed by atoms with Gasteiger partial charge in [0.1, 0.15) is 0 Å². The molecular formula is C23H50N2. The van der Waals surface area contributed by atoms with E-state index in [1.807, 2.05) is 0 Å². The van der Waals surface area contributed by atoms with Crippen molar-refractivity contribution in [3.05, 3.63) is 0 Å². The molecule has 0 aromatic carbocycles. The van der Waals surface area contributed by atoms with E-state index in [1.165, 1.54) is 135 Å². The zero-order valence-electron chi connectivity index (χ0n) is 17.8. The Bertz CT molecular complexity index is 196. The third-order valence-electron chi connectivity index (χ3n) is 5.12. The summed E-state index contributed by atoms with van der Waals surface area (Å²) in [5.41, 5.74) is 0. The second kappa shape index (κ2) is 23.9. The summed E-state index contributed by atoms with van der Waals surface area (Å²) in [6, 6.07) is 0. The van der Waals surface area contributed by atoms with Crippen molar-refractivity contribution >= 4 is 0 Å². The van der Waals surface area contributed by atoms with Gasteiger partial charge in [-0.3, -0.25) is 0 Å². The molecule has 2 nitrogen and oxygen atoms in total. The number of rotatable bonds is 22. The number of hydrogen-bond acceptors (Lipinski definition) is 2. The van der Waals surface area contributed by atoms with Crippen LogP contribution in [0.5, 0.6) is 0 Å². The van der Waals surface area contributed by atoms with Crippen LogP contribution in [0.15, 0.2) is 0 Å². The van der Waals surface area contributed by atoms with Crippen LogP contribution >= 0.6 is 0 Å². The molecule has 0 heterocycles. The van der Waals surface area contributed by atoms with Crippen LogP contribution in [0.2, 0.25) is 0 Å². The Labute approximate surface area is 160 Å². The van der Waals surface area contributed by atoms with E-state index in [2.05, 4.69) is 24.5 Å². The Kier molecular flexibility index (Phi) is 23.8. The fourth-order valence-electron chi connectivity index (χ4n) is 3.34. The topological polar surface area (TPSA) is 24.1 Å². The molecule has 0 bridgehead atoms. The Morgan fingerprint density at radius 1 is 0.320 bits per heavy atom. The second-order valence-electron chi connectivity index (χ2n) is 7.80. The Hall–Kier alpha value is -0.0800. The molecule has 0 aliphatic heterocycles. The fraction of sp³-hybridized carbons (Fsp3) is 1.00. The minimum Gasteiger partial charge on any atom is -0.317 e. The molecule has 0 fully saturated rings. The highest BCUT2D eigenvalue weighted by Crippen LogP contribution is 2.07. The van der Waals surface area contributed by atoms with E-state index in [0.717, 1.165) is 0 Å². The summed E-state index contributed by atoms with van der Waals surface area (Å²) in [5.74, 6) is 0. The zero-order valence-corrected chi connectivity index (χ0v) is 17.8. The van der Waals surface area contributed by atoms with Crippen LogP contribution in [0, 0.1) is 0 Å².